The first kappa shape index (κ1) is 13.7. The van der Waals surface area contributed by atoms with Crippen LogP contribution in [0.25, 0.3) is 0 Å². The molecule has 1 fully saturated rings. The third-order valence-corrected chi connectivity index (χ3v) is 4.29. The first-order chi connectivity index (χ1) is 10.1. The van der Waals surface area contributed by atoms with Crippen LogP contribution in [-0.2, 0) is 0 Å². The molecule has 2 aromatic rings. The molecule has 1 aliphatic rings. The molecule has 0 saturated carbocycles. The lowest BCUT2D eigenvalue weighted by molar-refractivity contribution is 0.646. The Balaban J connectivity index is 1.70. The van der Waals surface area contributed by atoms with Gasteiger partial charge in [0.25, 0.3) is 0 Å². The summed E-state index contributed by atoms with van der Waals surface area (Å²) >= 11 is 0. The number of rotatable bonds is 2. The van der Waals surface area contributed by atoms with Crippen LogP contribution in [0.3, 0.4) is 0 Å². The first-order valence-electron chi connectivity index (χ1n) is 7.43. The number of nitrogens with two attached hydrogens (primary N) is 1. The lowest BCUT2D eigenvalue weighted by Crippen LogP contribution is -2.47. The molecule has 0 aliphatic carbocycles. The second-order valence-corrected chi connectivity index (χ2v) is 5.64. The Labute approximate surface area is 126 Å². The van der Waals surface area contributed by atoms with Gasteiger partial charge >= 0.3 is 0 Å². The van der Waals surface area contributed by atoms with Crippen LogP contribution in [0.4, 0.5) is 17.2 Å². The number of aryl methyl sites for hydroxylation is 1. The normalized spacial score (nSPS) is 15.3. The molecule has 3 rings (SSSR count). The van der Waals surface area contributed by atoms with E-state index >= 15 is 0 Å². The molecule has 4 heteroatoms. The predicted octanol–water partition coefficient (Wildman–Crippen LogP) is 2.61. The summed E-state index contributed by atoms with van der Waals surface area (Å²) in [5.74, 6) is 1.02. The van der Waals surface area contributed by atoms with E-state index in [4.69, 9.17) is 5.73 Å². The lowest BCUT2D eigenvalue weighted by Gasteiger charge is -2.37. The zero-order valence-electron chi connectivity index (χ0n) is 12.7. The smallest absolute Gasteiger partial charge is 0.128 e. The van der Waals surface area contributed by atoms with Crippen molar-refractivity contribution in [2.75, 3.05) is 41.7 Å². The summed E-state index contributed by atoms with van der Waals surface area (Å²) < 4.78 is 0. The molecule has 2 heterocycles. The Bertz CT molecular complexity index is 613. The summed E-state index contributed by atoms with van der Waals surface area (Å²) in [5.41, 5.74) is 10.5. The maximum atomic E-state index is 5.70. The number of hydrogen-bond donors (Lipinski definition) is 1. The molecule has 110 valence electrons. The van der Waals surface area contributed by atoms with E-state index in [2.05, 4.69) is 46.8 Å². The molecule has 2 N–H and O–H groups in total. The number of benzene rings is 1. The van der Waals surface area contributed by atoms with Crippen LogP contribution in [0.15, 0.2) is 36.5 Å². The molecule has 0 spiro atoms. The molecule has 1 aliphatic heterocycles. The minimum atomic E-state index is 0.716. The van der Waals surface area contributed by atoms with E-state index in [1.165, 1.54) is 16.8 Å². The second-order valence-electron chi connectivity index (χ2n) is 5.64. The highest BCUT2D eigenvalue weighted by Gasteiger charge is 2.19. The molecule has 4 nitrogen and oxygen atoms in total. The van der Waals surface area contributed by atoms with E-state index < -0.39 is 0 Å². The van der Waals surface area contributed by atoms with E-state index in [-0.39, 0.29) is 0 Å². The summed E-state index contributed by atoms with van der Waals surface area (Å²) in [6, 6.07) is 10.5. The van der Waals surface area contributed by atoms with Crippen molar-refractivity contribution in [1.82, 2.24) is 4.98 Å². The lowest BCUT2D eigenvalue weighted by atomic mass is 10.1. The number of aromatic nitrogens is 1. The van der Waals surface area contributed by atoms with Gasteiger partial charge in [0.15, 0.2) is 0 Å². The van der Waals surface area contributed by atoms with Gasteiger partial charge < -0.3 is 15.5 Å². The average Bonchev–Trinajstić information content (AvgIpc) is 2.51. The fraction of sp³-hybridized carbons (Fsp3) is 0.353. The van der Waals surface area contributed by atoms with Crippen LogP contribution in [0.5, 0.6) is 0 Å². The van der Waals surface area contributed by atoms with E-state index in [9.17, 15) is 0 Å². The zero-order chi connectivity index (χ0) is 14.8. The fourth-order valence-corrected chi connectivity index (χ4v) is 2.84. The molecule has 0 unspecified atom stereocenters. The Hall–Kier alpha value is -2.23. The van der Waals surface area contributed by atoms with Crippen LogP contribution < -0.4 is 15.5 Å². The van der Waals surface area contributed by atoms with Crippen molar-refractivity contribution in [3.8, 4) is 0 Å². The number of nitrogens with zero attached hydrogens (tertiary/aromatic N) is 3. The molecule has 0 bridgehead atoms. The predicted molar refractivity (Wildman–Crippen MR) is 89.0 cm³/mol. The number of pyridine rings is 1. The summed E-state index contributed by atoms with van der Waals surface area (Å²) in [6.45, 7) is 8.41. The van der Waals surface area contributed by atoms with Gasteiger partial charge in [0.2, 0.25) is 0 Å². The standard InChI is InChI=1S/C17H22N4/c1-13-4-3-5-16(14(13)2)20-8-10-21(11-9-20)17-7-6-15(18)12-19-17/h3-7,12H,8-11,18H2,1-2H3. The van der Waals surface area contributed by atoms with Gasteiger partial charge in [-0.3, -0.25) is 0 Å². The SMILES string of the molecule is Cc1cccc(N2CCN(c3ccc(N)cn3)CC2)c1C. The third kappa shape index (κ3) is 2.79. The van der Waals surface area contributed by atoms with Crippen molar-refractivity contribution < 1.29 is 0 Å². The molecular formula is C17H22N4. The van der Waals surface area contributed by atoms with Gasteiger partial charge in [-0.1, -0.05) is 12.1 Å². The molecule has 21 heavy (non-hydrogen) atoms. The molecule has 0 radical (unpaired) electrons. The van der Waals surface area contributed by atoms with Crippen LogP contribution in [0.1, 0.15) is 11.1 Å². The highest BCUT2D eigenvalue weighted by molar-refractivity contribution is 5.57. The first-order valence-corrected chi connectivity index (χ1v) is 7.43. The molecule has 0 atom stereocenters. The van der Waals surface area contributed by atoms with E-state index in [1.807, 2.05) is 12.1 Å². The Morgan fingerprint density at radius 2 is 1.67 bits per heavy atom. The van der Waals surface area contributed by atoms with Gasteiger partial charge in [-0.2, -0.15) is 0 Å². The minimum absolute atomic E-state index is 0.716. The van der Waals surface area contributed by atoms with Crippen LogP contribution in [-0.4, -0.2) is 31.2 Å². The monoisotopic (exact) mass is 282 g/mol. The topological polar surface area (TPSA) is 45.4 Å². The zero-order valence-corrected chi connectivity index (χ0v) is 12.7. The second kappa shape index (κ2) is 5.64. The maximum absolute atomic E-state index is 5.70. The summed E-state index contributed by atoms with van der Waals surface area (Å²) in [6.07, 6.45) is 1.73. The quantitative estimate of drug-likeness (QED) is 0.919. The number of piperazine rings is 1. The van der Waals surface area contributed by atoms with E-state index in [0.717, 1.165) is 32.0 Å². The van der Waals surface area contributed by atoms with Crippen molar-refractivity contribution in [3.63, 3.8) is 0 Å². The third-order valence-electron chi connectivity index (χ3n) is 4.29. The van der Waals surface area contributed by atoms with Crippen LogP contribution in [0.2, 0.25) is 0 Å². The maximum Gasteiger partial charge on any atom is 0.128 e. The molecular weight excluding hydrogens is 260 g/mol. The van der Waals surface area contributed by atoms with Crippen molar-refractivity contribution in [1.29, 1.82) is 0 Å². The van der Waals surface area contributed by atoms with Crippen LogP contribution >= 0.6 is 0 Å². The highest BCUT2D eigenvalue weighted by Crippen LogP contribution is 2.25. The number of nitrogen functional groups attached to an aromatic ring is 1. The van der Waals surface area contributed by atoms with Gasteiger partial charge in [-0.25, -0.2) is 4.98 Å². The Kier molecular flexibility index (Phi) is 3.69. The fourth-order valence-electron chi connectivity index (χ4n) is 2.84. The minimum Gasteiger partial charge on any atom is -0.397 e. The molecule has 1 saturated heterocycles. The van der Waals surface area contributed by atoms with Gasteiger partial charge in [0.1, 0.15) is 5.82 Å². The van der Waals surface area contributed by atoms with Crippen molar-refractivity contribution in [2.45, 2.75) is 13.8 Å². The van der Waals surface area contributed by atoms with Crippen molar-refractivity contribution in [3.05, 3.63) is 47.7 Å². The Morgan fingerprint density at radius 1 is 0.952 bits per heavy atom. The summed E-state index contributed by atoms with van der Waals surface area (Å²) in [4.78, 5) is 9.20. The van der Waals surface area contributed by atoms with Crippen molar-refractivity contribution >= 4 is 17.2 Å². The largest absolute Gasteiger partial charge is 0.397 e. The van der Waals surface area contributed by atoms with Gasteiger partial charge in [-0.05, 0) is 43.2 Å². The van der Waals surface area contributed by atoms with E-state index in [1.54, 1.807) is 6.20 Å². The summed E-state index contributed by atoms with van der Waals surface area (Å²) in [5, 5.41) is 0. The summed E-state index contributed by atoms with van der Waals surface area (Å²) in [7, 11) is 0. The Morgan fingerprint density at radius 3 is 2.33 bits per heavy atom. The molecule has 0 amide bonds. The van der Waals surface area contributed by atoms with Crippen molar-refractivity contribution in [2.24, 2.45) is 0 Å². The average molecular weight is 282 g/mol. The van der Waals surface area contributed by atoms with Gasteiger partial charge in [0, 0.05) is 31.9 Å². The number of hydrogen-bond acceptors (Lipinski definition) is 4. The highest BCUT2D eigenvalue weighted by atomic mass is 15.3. The van der Waals surface area contributed by atoms with Gasteiger partial charge in [0.05, 0.1) is 11.9 Å². The van der Waals surface area contributed by atoms with Crippen LogP contribution in [0, 0.1) is 13.8 Å². The van der Waals surface area contributed by atoms with E-state index in [0.29, 0.717) is 5.69 Å². The molecule has 1 aromatic heterocycles. The molecule has 1 aromatic carbocycles. The van der Waals surface area contributed by atoms with Gasteiger partial charge in [-0.15, -0.1) is 0 Å². The number of anilines is 3.